The van der Waals surface area contributed by atoms with E-state index in [-0.39, 0.29) is 0 Å². The fraction of sp³-hybridized carbons (Fsp3) is 0.261. The summed E-state index contributed by atoms with van der Waals surface area (Å²) < 4.78 is 12.5. The molecule has 0 unspecified atom stereocenters. The van der Waals surface area contributed by atoms with Gasteiger partial charge in [-0.05, 0) is 0 Å². The molecule has 0 radical (unpaired) electrons. The SMILES string of the molecule is [2H]C(C)(C)c1ccnc(-c2cccc3c2sc2cc[c]([Ge]([CH3])([CH3])[CH3])cc23)c1. The Morgan fingerprint density at radius 3 is 2.54 bits per heavy atom. The summed E-state index contributed by atoms with van der Waals surface area (Å²) in [6.07, 6.45) is 1.83. The van der Waals surface area contributed by atoms with Crippen molar-refractivity contribution in [2.45, 2.75) is 37.0 Å². The number of aromatic nitrogens is 1. The van der Waals surface area contributed by atoms with Crippen LogP contribution in [0.2, 0.25) is 17.3 Å². The van der Waals surface area contributed by atoms with Gasteiger partial charge in [0, 0.05) is 0 Å². The molecule has 0 aliphatic carbocycles. The van der Waals surface area contributed by atoms with Gasteiger partial charge in [-0.2, -0.15) is 0 Å². The van der Waals surface area contributed by atoms with E-state index in [1.54, 1.807) is 4.40 Å². The van der Waals surface area contributed by atoms with Gasteiger partial charge in [0.15, 0.2) is 0 Å². The van der Waals surface area contributed by atoms with Gasteiger partial charge in [0.05, 0.1) is 0 Å². The maximum atomic E-state index is 8.34. The van der Waals surface area contributed by atoms with Crippen LogP contribution in [-0.4, -0.2) is 18.3 Å². The topological polar surface area (TPSA) is 12.9 Å². The molecule has 1 nitrogen and oxygen atoms in total. The van der Waals surface area contributed by atoms with Crippen molar-refractivity contribution in [1.29, 1.82) is 0 Å². The van der Waals surface area contributed by atoms with Gasteiger partial charge < -0.3 is 0 Å². The molecule has 2 aromatic heterocycles. The van der Waals surface area contributed by atoms with Gasteiger partial charge in [0.1, 0.15) is 0 Å². The van der Waals surface area contributed by atoms with Crippen molar-refractivity contribution in [2.24, 2.45) is 0 Å². The van der Waals surface area contributed by atoms with E-state index in [0.717, 1.165) is 11.3 Å². The molecule has 0 aliphatic rings. The second-order valence-corrected chi connectivity index (χ2v) is 19.9. The summed E-state index contributed by atoms with van der Waals surface area (Å²) in [5, 5.41) is 2.69. The predicted molar refractivity (Wildman–Crippen MR) is 120 cm³/mol. The van der Waals surface area contributed by atoms with Crippen LogP contribution < -0.4 is 4.40 Å². The van der Waals surface area contributed by atoms with E-state index in [9.17, 15) is 0 Å². The monoisotopic (exact) mass is 422 g/mol. The van der Waals surface area contributed by atoms with Crippen LogP contribution in [0.15, 0.2) is 54.7 Å². The van der Waals surface area contributed by atoms with Crippen molar-refractivity contribution < 1.29 is 1.37 Å². The van der Waals surface area contributed by atoms with Crippen LogP contribution >= 0.6 is 11.3 Å². The molecule has 0 atom stereocenters. The van der Waals surface area contributed by atoms with Crippen molar-refractivity contribution in [3.05, 3.63) is 60.3 Å². The van der Waals surface area contributed by atoms with Crippen molar-refractivity contribution in [3.63, 3.8) is 0 Å². The molecule has 3 heteroatoms. The first kappa shape index (κ1) is 16.5. The van der Waals surface area contributed by atoms with Gasteiger partial charge in [-0.3, -0.25) is 0 Å². The Hall–Kier alpha value is -1.65. The molecule has 132 valence electrons. The number of fused-ring (bicyclic) bond motifs is 3. The Kier molecular flexibility index (Phi) is 4.13. The predicted octanol–water partition coefficient (Wildman–Crippen LogP) is 6.79. The number of benzene rings is 2. The fourth-order valence-corrected chi connectivity index (χ4v) is 7.00. The second kappa shape index (κ2) is 6.50. The zero-order valence-corrected chi connectivity index (χ0v) is 19.0. The molecule has 0 aliphatic heterocycles. The number of pyridine rings is 1. The quantitative estimate of drug-likeness (QED) is 0.332. The molecule has 2 aromatic carbocycles. The fourth-order valence-electron chi connectivity index (χ4n) is 3.36. The number of thiophene rings is 1. The number of hydrogen-bond acceptors (Lipinski definition) is 2. The van der Waals surface area contributed by atoms with Crippen LogP contribution in [0.3, 0.4) is 0 Å². The Bertz CT molecular complexity index is 1150. The molecular formula is C23H25GeNS. The van der Waals surface area contributed by atoms with E-state index in [2.05, 4.69) is 64.7 Å². The molecule has 0 amide bonds. The molecule has 26 heavy (non-hydrogen) atoms. The normalized spacial score (nSPS) is 13.3. The summed E-state index contributed by atoms with van der Waals surface area (Å²) in [5.41, 5.74) is 3.12. The molecule has 0 bridgehead atoms. The Balaban J connectivity index is 1.96. The summed E-state index contributed by atoms with van der Waals surface area (Å²) >= 11 is -0.0142. The molecule has 4 rings (SSSR count). The van der Waals surface area contributed by atoms with Crippen LogP contribution in [0.1, 0.15) is 26.7 Å². The van der Waals surface area contributed by atoms with Crippen molar-refractivity contribution >= 4 is 49.2 Å². The molecular weight excluding hydrogens is 395 g/mol. The molecule has 0 saturated carbocycles. The number of nitrogens with zero attached hydrogens (tertiary/aromatic N) is 1. The Labute approximate surface area is 163 Å². The minimum absolute atomic E-state index is 0.625. The third-order valence-corrected chi connectivity index (χ3v) is 10.5. The van der Waals surface area contributed by atoms with Crippen molar-refractivity contribution in [3.8, 4) is 11.3 Å². The van der Waals surface area contributed by atoms with Gasteiger partial charge in [-0.1, -0.05) is 0 Å². The van der Waals surface area contributed by atoms with Crippen LogP contribution in [0.5, 0.6) is 0 Å². The van der Waals surface area contributed by atoms with E-state index in [0.29, 0.717) is 0 Å². The molecule has 0 fully saturated rings. The van der Waals surface area contributed by atoms with Crippen LogP contribution in [-0.2, 0) is 0 Å². The second-order valence-electron chi connectivity index (χ2n) is 8.18. The third kappa shape index (κ3) is 3.10. The maximum absolute atomic E-state index is 8.34. The zero-order chi connectivity index (χ0) is 19.4. The van der Waals surface area contributed by atoms with E-state index in [1.807, 2.05) is 37.4 Å². The third-order valence-electron chi connectivity index (χ3n) is 4.98. The standard InChI is InChI=1S/C23H25GeNS/c1-15(2)16-11-12-25-21(13-16)19-8-6-7-18-20-14-17(24(3,4)5)9-10-22(20)26-23(18)19/h6-15H,1-5H3/i15D. The van der Waals surface area contributed by atoms with Crippen LogP contribution in [0.4, 0.5) is 0 Å². The van der Waals surface area contributed by atoms with E-state index >= 15 is 0 Å². The van der Waals surface area contributed by atoms with Gasteiger partial charge in [-0.25, -0.2) is 0 Å². The molecule has 0 saturated heterocycles. The number of hydrogen-bond donors (Lipinski definition) is 0. The zero-order valence-electron chi connectivity index (χ0n) is 17.1. The molecule has 0 spiro atoms. The van der Waals surface area contributed by atoms with Crippen molar-refractivity contribution in [2.75, 3.05) is 0 Å². The summed E-state index contributed by atoms with van der Waals surface area (Å²) in [6, 6.07) is 17.6. The first-order chi connectivity index (χ1) is 12.6. The molecule has 4 aromatic rings. The summed E-state index contributed by atoms with van der Waals surface area (Å²) in [7, 11) is 0. The van der Waals surface area contributed by atoms with Crippen molar-refractivity contribution in [1.82, 2.24) is 4.98 Å². The minimum atomic E-state index is -1.86. The van der Waals surface area contributed by atoms with E-state index in [1.165, 1.54) is 25.7 Å². The van der Waals surface area contributed by atoms with E-state index in [4.69, 9.17) is 1.37 Å². The first-order valence-corrected chi connectivity index (χ1v) is 17.2. The first-order valence-electron chi connectivity index (χ1n) is 9.57. The summed E-state index contributed by atoms with van der Waals surface area (Å²) in [5.74, 6) is 6.71. The Morgan fingerprint density at radius 1 is 1.00 bits per heavy atom. The van der Waals surface area contributed by atoms with Gasteiger partial charge >= 0.3 is 164 Å². The molecule has 2 heterocycles. The van der Waals surface area contributed by atoms with Crippen LogP contribution in [0, 0.1) is 0 Å². The average Bonchev–Trinajstić information content (AvgIpc) is 2.98. The van der Waals surface area contributed by atoms with Crippen LogP contribution in [0.25, 0.3) is 31.4 Å². The average molecular weight is 421 g/mol. The van der Waals surface area contributed by atoms with Gasteiger partial charge in [-0.15, -0.1) is 0 Å². The number of rotatable bonds is 3. The Morgan fingerprint density at radius 2 is 1.81 bits per heavy atom. The van der Waals surface area contributed by atoms with E-state index < -0.39 is 19.2 Å². The summed E-state index contributed by atoms with van der Waals surface area (Å²) in [4.78, 5) is 4.63. The molecule has 0 N–H and O–H groups in total. The van der Waals surface area contributed by atoms with Gasteiger partial charge in [0.25, 0.3) is 0 Å². The van der Waals surface area contributed by atoms with Gasteiger partial charge in [0.2, 0.25) is 0 Å². The summed E-state index contributed by atoms with van der Waals surface area (Å²) in [6.45, 7) is 3.84.